The van der Waals surface area contributed by atoms with Crippen molar-refractivity contribution < 1.29 is 14.6 Å². The lowest BCUT2D eigenvalue weighted by Gasteiger charge is -2.23. The van der Waals surface area contributed by atoms with Gasteiger partial charge in [-0.1, -0.05) is 18.7 Å². The van der Waals surface area contributed by atoms with Crippen LogP contribution in [-0.4, -0.2) is 17.0 Å². The molecule has 0 aromatic heterocycles. The molecule has 12 heavy (non-hydrogen) atoms. The number of hydrogen-bond donors (Lipinski definition) is 1. The second-order valence-electron chi connectivity index (χ2n) is 2.40. The summed E-state index contributed by atoms with van der Waals surface area (Å²) < 4.78 is 5.00. The number of hydrogen-bond acceptors (Lipinski definition) is 4. The van der Waals surface area contributed by atoms with Gasteiger partial charge in [0.05, 0.1) is 6.26 Å². The van der Waals surface area contributed by atoms with E-state index >= 15 is 0 Å². The minimum Gasteiger partial charge on any atom is -0.465 e. The van der Waals surface area contributed by atoms with E-state index in [9.17, 15) is 9.90 Å². The number of ether oxygens (including phenoxy) is 1. The van der Waals surface area contributed by atoms with Crippen molar-refractivity contribution in [2.75, 3.05) is 0 Å². The van der Waals surface area contributed by atoms with E-state index in [-0.39, 0.29) is 0 Å². The van der Waals surface area contributed by atoms with Crippen molar-refractivity contribution in [3.63, 3.8) is 0 Å². The SMILES string of the molecule is CCC(O)(C=O)C1=CSC=CO1. The molecule has 66 valence electrons. The van der Waals surface area contributed by atoms with Gasteiger partial charge in [0, 0.05) is 10.8 Å². The molecule has 1 rings (SSSR count). The molecule has 0 aromatic carbocycles. The normalized spacial score (nSPS) is 20.7. The fourth-order valence-corrected chi connectivity index (χ4v) is 1.36. The molecule has 0 aliphatic carbocycles. The van der Waals surface area contributed by atoms with Gasteiger partial charge in [-0.05, 0) is 6.42 Å². The summed E-state index contributed by atoms with van der Waals surface area (Å²) >= 11 is 1.37. The van der Waals surface area contributed by atoms with E-state index in [0.29, 0.717) is 18.5 Å². The van der Waals surface area contributed by atoms with E-state index in [1.54, 1.807) is 17.7 Å². The van der Waals surface area contributed by atoms with Crippen LogP contribution in [0.25, 0.3) is 0 Å². The highest BCUT2D eigenvalue weighted by Gasteiger charge is 2.31. The molecule has 0 fully saturated rings. The lowest BCUT2D eigenvalue weighted by atomic mass is 10.0. The molecule has 0 amide bonds. The molecule has 0 spiro atoms. The average molecular weight is 186 g/mol. The van der Waals surface area contributed by atoms with E-state index in [1.807, 2.05) is 0 Å². The van der Waals surface area contributed by atoms with Gasteiger partial charge >= 0.3 is 0 Å². The molecule has 0 aromatic rings. The van der Waals surface area contributed by atoms with Gasteiger partial charge in [-0.2, -0.15) is 0 Å². The van der Waals surface area contributed by atoms with E-state index in [0.717, 1.165) is 0 Å². The number of thioether (sulfide) groups is 1. The lowest BCUT2D eigenvalue weighted by Crippen LogP contribution is -2.33. The zero-order chi connectivity index (χ0) is 9.03. The average Bonchev–Trinajstić information content (AvgIpc) is 2.18. The lowest BCUT2D eigenvalue weighted by molar-refractivity contribution is -0.123. The summed E-state index contributed by atoms with van der Waals surface area (Å²) in [4.78, 5) is 10.6. The Morgan fingerprint density at radius 1 is 1.83 bits per heavy atom. The van der Waals surface area contributed by atoms with Crippen LogP contribution in [0.1, 0.15) is 13.3 Å². The minimum absolute atomic E-state index is 0.299. The number of aldehydes is 1. The summed E-state index contributed by atoms with van der Waals surface area (Å²) in [5.74, 6) is 0.299. The summed E-state index contributed by atoms with van der Waals surface area (Å²) in [6, 6.07) is 0. The number of carbonyl (C=O) groups is 1. The highest BCUT2D eigenvalue weighted by molar-refractivity contribution is 8.04. The van der Waals surface area contributed by atoms with Crippen LogP contribution >= 0.6 is 11.8 Å². The Hall–Kier alpha value is -0.740. The van der Waals surface area contributed by atoms with Crippen LogP contribution in [0.4, 0.5) is 0 Å². The summed E-state index contributed by atoms with van der Waals surface area (Å²) in [5.41, 5.74) is -1.46. The van der Waals surface area contributed by atoms with Gasteiger partial charge in [0.25, 0.3) is 0 Å². The molecule has 1 aliphatic rings. The highest BCUT2D eigenvalue weighted by atomic mass is 32.2. The molecule has 0 saturated carbocycles. The Bertz CT molecular complexity index is 234. The smallest absolute Gasteiger partial charge is 0.177 e. The first kappa shape index (κ1) is 9.35. The molecule has 1 atom stereocenters. The molecule has 1 N–H and O–H groups in total. The second-order valence-corrected chi connectivity index (χ2v) is 3.18. The minimum atomic E-state index is -1.46. The topological polar surface area (TPSA) is 46.5 Å². The van der Waals surface area contributed by atoms with Crippen LogP contribution in [-0.2, 0) is 9.53 Å². The molecule has 0 saturated heterocycles. The zero-order valence-corrected chi connectivity index (χ0v) is 7.50. The third kappa shape index (κ3) is 1.70. The standard InChI is InChI=1S/C8H10O3S/c1-2-8(10,6-9)7-5-12-4-3-11-7/h3-6,10H,2H2,1H3. The van der Waals surface area contributed by atoms with Crippen LogP contribution in [0.15, 0.2) is 22.8 Å². The van der Waals surface area contributed by atoms with E-state index in [2.05, 4.69) is 0 Å². The Balaban J connectivity index is 2.78. The van der Waals surface area contributed by atoms with Gasteiger partial charge in [0.15, 0.2) is 11.9 Å². The predicted molar refractivity (Wildman–Crippen MR) is 47.2 cm³/mol. The van der Waals surface area contributed by atoms with Gasteiger partial charge in [-0.25, -0.2) is 0 Å². The first-order chi connectivity index (χ1) is 5.73. The third-order valence-electron chi connectivity index (χ3n) is 1.66. The summed E-state index contributed by atoms with van der Waals surface area (Å²) in [7, 11) is 0. The largest absolute Gasteiger partial charge is 0.465 e. The maximum Gasteiger partial charge on any atom is 0.177 e. The van der Waals surface area contributed by atoms with Gasteiger partial charge in [0.2, 0.25) is 0 Å². The van der Waals surface area contributed by atoms with Crippen molar-refractivity contribution in [3.8, 4) is 0 Å². The first-order valence-corrected chi connectivity index (χ1v) is 4.53. The second kappa shape index (κ2) is 3.78. The quantitative estimate of drug-likeness (QED) is 0.677. The Labute approximate surface area is 75.1 Å². The molecular formula is C8H10O3S. The summed E-state index contributed by atoms with van der Waals surface area (Å²) in [5, 5.41) is 13.0. The van der Waals surface area contributed by atoms with Crippen molar-refractivity contribution in [1.29, 1.82) is 0 Å². The number of carbonyl (C=O) groups excluding carboxylic acids is 1. The summed E-state index contributed by atoms with van der Waals surface area (Å²) in [6.45, 7) is 1.72. The Morgan fingerprint density at radius 3 is 3.00 bits per heavy atom. The van der Waals surface area contributed by atoms with Crippen molar-refractivity contribution >= 4 is 18.0 Å². The van der Waals surface area contributed by atoms with Crippen LogP contribution < -0.4 is 0 Å². The maximum atomic E-state index is 10.6. The molecule has 1 heterocycles. The van der Waals surface area contributed by atoms with Gasteiger partial charge in [0.1, 0.15) is 5.76 Å². The molecule has 0 bridgehead atoms. The predicted octanol–water partition coefficient (Wildman–Crippen LogP) is 1.40. The van der Waals surface area contributed by atoms with Crippen molar-refractivity contribution in [2.45, 2.75) is 18.9 Å². The van der Waals surface area contributed by atoms with Crippen LogP contribution in [0.2, 0.25) is 0 Å². The van der Waals surface area contributed by atoms with E-state index < -0.39 is 5.60 Å². The Kier molecular flexibility index (Phi) is 2.94. The van der Waals surface area contributed by atoms with Crippen LogP contribution in [0, 0.1) is 0 Å². The Morgan fingerprint density at radius 2 is 2.58 bits per heavy atom. The maximum absolute atomic E-state index is 10.6. The van der Waals surface area contributed by atoms with Crippen LogP contribution in [0.3, 0.4) is 0 Å². The number of rotatable bonds is 3. The molecular weight excluding hydrogens is 176 g/mol. The van der Waals surface area contributed by atoms with Gasteiger partial charge in [-0.3, -0.25) is 4.79 Å². The van der Waals surface area contributed by atoms with Crippen molar-refractivity contribution in [2.24, 2.45) is 0 Å². The fraction of sp³-hybridized carbons (Fsp3) is 0.375. The zero-order valence-electron chi connectivity index (χ0n) is 6.69. The van der Waals surface area contributed by atoms with Crippen molar-refractivity contribution in [3.05, 3.63) is 22.8 Å². The fourth-order valence-electron chi connectivity index (χ4n) is 0.782. The molecule has 1 unspecified atom stereocenters. The van der Waals surface area contributed by atoms with E-state index in [1.165, 1.54) is 18.0 Å². The first-order valence-electron chi connectivity index (χ1n) is 3.59. The highest BCUT2D eigenvalue weighted by Crippen LogP contribution is 2.26. The molecule has 4 heteroatoms. The van der Waals surface area contributed by atoms with Crippen molar-refractivity contribution in [1.82, 2.24) is 0 Å². The number of aliphatic hydroxyl groups is 1. The van der Waals surface area contributed by atoms with Crippen LogP contribution in [0.5, 0.6) is 0 Å². The third-order valence-corrected chi connectivity index (χ3v) is 2.28. The van der Waals surface area contributed by atoms with Gasteiger partial charge < -0.3 is 9.84 Å². The molecule has 3 nitrogen and oxygen atoms in total. The molecule has 0 radical (unpaired) electrons. The van der Waals surface area contributed by atoms with Gasteiger partial charge in [-0.15, -0.1) is 0 Å². The summed E-state index contributed by atoms with van der Waals surface area (Å²) in [6.07, 6.45) is 2.26. The monoisotopic (exact) mass is 186 g/mol. The van der Waals surface area contributed by atoms with E-state index in [4.69, 9.17) is 4.74 Å². The molecule has 1 aliphatic heterocycles.